The molecule has 2 amide bonds. The number of ether oxygens (including phenoxy) is 1. The fourth-order valence-corrected chi connectivity index (χ4v) is 2.92. The van der Waals surface area contributed by atoms with Crippen molar-refractivity contribution in [3.63, 3.8) is 0 Å². The number of rotatable bonds is 10. The Bertz CT molecular complexity index is 628. The van der Waals surface area contributed by atoms with Crippen LogP contribution in [0.3, 0.4) is 0 Å². The van der Waals surface area contributed by atoms with Crippen molar-refractivity contribution >= 4 is 19.5 Å². The van der Waals surface area contributed by atoms with Crippen LogP contribution in [0.4, 0.5) is 4.79 Å². The van der Waals surface area contributed by atoms with Crippen LogP contribution in [0.15, 0.2) is 30.3 Å². The van der Waals surface area contributed by atoms with Gasteiger partial charge in [0.1, 0.15) is 0 Å². The van der Waals surface area contributed by atoms with Crippen LogP contribution in [-0.4, -0.2) is 31.7 Å². The molecule has 1 unspecified atom stereocenters. The summed E-state index contributed by atoms with van der Waals surface area (Å²) < 4.78 is 5.63. The summed E-state index contributed by atoms with van der Waals surface area (Å²) in [4.78, 5) is 23.5. The Labute approximate surface area is 150 Å². The van der Waals surface area contributed by atoms with Crippen molar-refractivity contribution in [1.29, 1.82) is 5.26 Å². The molecule has 0 aromatic heterocycles. The number of hydrogen-bond acceptors (Lipinski definition) is 4. The number of carbonyl (C=O) groups is 2. The Balaban J connectivity index is 2.58. The molecular weight excluding hydrogens is 334 g/mol. The van der Waals surface area contributed by atoms with Gasteiger partial charge in [-0.1, -0.05) is 50.3 Å². The molecule has 135 valence electrons. The third-order valence-electron chi connectivity index (χ3n) is 4.10. The molecule has 0 saturated carbocycles. The number of benzene rings is 1. The number of nitrogens with one attached hydrogen (secondary N) is 1. The van der Waals surface area contributed by atoms with E-state index < -0.39 is 13.6 Å². The molecule has 0 bridgehead atoms. The van der Waals surface area contributed by atoms with E-state index in [1.165, 1.54) is 6.42 Å². The minimum absolute atomic E-state index is 0.0884. The van der Waals surface area contributed by atoms with Gasteiger partial charge < -0.3 is 15.8 Å². The Morgan fingerprint density at radius 3 is 2.52 bits per heavy atom. The maximum absolute atomic E-state index is 12.2. The normalized spacial score (nSPS) is 13.5. The number of nitrogens with two attached hydrogens (primary N) is 1. The van der Waals surface area contributed by atoms with E-state index >= 15 is 0 Å². The van der Waals surface area contributed by atoms with Gasteiger partial charge >= 0.3 is 0 Å². The zero-order chi connectivity index (χ0) is 18.9. The second-order valence-electron chi connectivity index (χ2n) is 6.67. The summed E-state index contributed by atoms with van der Waals surface area (Å²) in [6.45, 7) is 5.88. The number of primary amides is 1. The van der Waals surface area contributed by atoms with E-state index in [1.807, 2.05) is 37.3 Å². The molecule has 1 aromatic rings. The van der Waals surface area contributed by atoms with Crippen LogP contribution in [-0.2, 0) is 16.1 Å². The van der Waals surface area contributed by atoms with E-state index in [-0.39, 0.29) is 18.0 Å². The molecule has 25 heavy (non-hydrogen) atoms. The summed E-state index contributed by atoms with van der Waals surface area (Å²) in [6, 6.07) is 12.1. The summed E-state index contributed by atoms with van der Waals surface area (Å²) in [5.41, 5.74) is 4.91. The van der Waals surface area contributed by atoms with E-state index in [2.05, 4.69) is 11.4 Å². The van der Waals surface area contributed by atoms with Gasteiger partial charge in [0, 0.05) is 6.42 Å². The van der Waals surface area contributed by atoms with Gasteiger partial charge in [0.05, 0.1) is 19.3 Å². The lowest BCUT2D eigenvalue weighted by Gasteiger charge is -2.27. The summed E-state index contributed by atoms with van der Waals surface area (Å²) in [5.74, 6) is -0.381. The summed E-state index contributed by atoms with van der Waals surface area (Å²) in [7, 11) is -2.30. The van der Waals surface area contributed by atoms with Crippen LogP contribution in [0.5, 0.6) is 0 Å². The molecule has 0 fully saturated rings. The van der Waals surface area contributed by atoms with Gasteiger partial charge in [0.25, 0.3) is 0 Å². The SMILES string of the molecule is CCC(C#N)(COCc1ccccc1)NC(=O)[CH]C[Si](C)(C)C(N)=O. The van der Waals surface area contributed by atoms with Crippen LogP contribution in [0.1, 0.15) is 18.9 Å². The molecule has 1 rings (SSSR count). The molecule has 0 heterocycles. The first-order chi connectivity index (χ1) is 11.7. The van der Waals surface area contributed by atoms with Crippen LogP contribution in [0, 0.1) is 17.8 Å². The topological polar surface area (TPSA) is 105 Å². The predicted octanol–water partition coefficient (Wildman–Crippen LogP) is 2.56. The summed E-state index contributed by atoms with van der Waals surface area (Å²) >= 11 is 0. The largest absolute Gasteiger partial charge is 0.374 e. The number of carbonyl (C=O) groups excluding carboxylic acids is 2. The van der Waals surface area contributed by atoms with Crippen molar-refractivity contribution in [3.8, 4) is 6.07 Å². The van der Waals surface area contributed by atoms with E-state index in [4.69, 9.17) is 10.5 Å². The highest BCUT2D eigenvalue weighted by atomic mass is 28.3. The van der Waals surface area contributed by atoms with Crippen molar-refractivity contribution in [1.82, 2.24) is 5.32 Å². The third kappa shape index (κ3) is 6.68. The van der Waals surface area contributed by atoms with E-state index in [1.54, 1.807) is 13.1 Å². The minimum Gasteiger partial charge on any atom is -0.374 e. The zero-order valence-electron chi connectivity index (χ0n) is 15.0. The lowest BCUT2D eigenvalue weighted by atomic mass is 9.99. The lowest BCUT2D eigenvalue weighted by molar-refractivity contribution is -0.119. The van der Waals surface area contributed by atoms with Crippen LogP contribution in [0.2, 0.25) is 19.1 Å². The van der Waals surface area contributed by atoms with Crippen molar-refractivity contribution in [2.45, 2.75) is 44.6 Å². The van der Waals surface area contributed by atoms with Gasteiger partial charge in [-0.25, -0.2) is 0 Å². The van der Waals surface area contributed by atoms with Crippen LogP contribution >= 0.6 is 0 Å². The fourth-order valence-electron chi connectivity index (χ4n) is 2.02. The maximum atomic E-state index is 12.2. The Kier molecular flexibility index (Phi) is 7.80. The summed E-state index contributed by atoms with van der Waals surface area (Å²) in [6.07, 6.45) is 1.82. The maximum Gasteiger partial charge on any atom is 0.224 e. The third-order valence-corrected chi connectivity index (χ3v) is 6.66. The number of nitrogens with zero attached hydrogens (tertiary/aromatic N) is 1. The Morgan fingerprint density at radius 1 is 1.36 bits per heavy atom. The molecule has 0 aliphatic rings. The minimum atomic E-state index is -2.30. The molecule has 0 aliphatic heterocycles. The first kappa shape index (κ1) is 20.9. The molecule has 1 aromatic carbocycles. The molecule has 6 nitrogen and oxygen atoms in total. The second-order valence-corrected chi connectivity index (χ2v) is 11.3. The van der Waals surface area contributed by atoms with Gasteiger partial charge in [-0.05, 0) is 18.0 Å². The monoisotopic (exact) mass is 360 g/mol. The average molecular weight is 361 g/mol. The molecule has 1 atom stereocenters. The molecule has 0 aliphatic carbocycles. The molecular formula is C18H26N3O3Si. The number of hydrogen-bond donors (Lipinski definition) is 2. The fraction of sp³-hybridized carbons (Fsp3) is 0.444. The van der Waals surface area contributed by atoms with E-state index in [9.17, 15) is 14.9 Å². The first-order valence-corrected chi connectivity index (χ1v) is 11.4. The highest BCUT2D eigenvalue weighted by molar-refractivity contribution is 7.04. The first-order valence-electron chi connectivity index (χ1n) is 8.23. The highest BCUT2D eigenvalue weighted by Crippen LogP contribution is 2.15. The molecule has 3 N–H and O–H groups in total. The zero-order valence-corrected chi connectivity index (χ0v) is 16.0. The van der Waals surface area contributed by atoms with Crippen LogP contribution in [0.25, 0.3) is 0 Å². The van der Waals surface area contributed by atoms with Crippen molar-refractivity contribution in [2.75, 3.05) is 6.61 Å². The smallest absolute Gasteiger partial charge is 0.224 e. The highest BCUT2D eigenvalue weighted by Gasteiger charge is 2.33. The molecule has 0 spiro atoms. The van der Waals surface area contributed by atoms with Gasteiger partial charge in [0.15, 0.2) is 19.1 Å². The number of amides is 2. The van der Waals surface area contributed by atoms with Crippen molar-refractivity contribution < 1.29 is 14.3 Å². The quantitative estimate of drug-likeness (QED) is 0.625. The lowest BCUT2D eigenvalue weighted by Crippen LogP contribution is -2.51. The predicted molar refractivity (Wildman–Crippen MR) is 99.0 cm³/mol. The summed E-state index contributed by atoms with van der Waals surface area (Å²) in [5, 5.41) is 12.2. The van der Waals surface area contributed by atoms with Crippen molar-refractivity contribution in [3.05, 3.63) is 42.3 Å². The number of nitriles is 1. The Morgan fingerprint density at radius 2 is 2.00 bits per heavy atom. The van der Waals surface area contributed by atoms with Crippen LogP contribution < -0.4 is 11.1 Å². The standard InChI is InChI=1S/C18H26N3O3Si/c1-4-18(13-19,14-24-12-15-8-6-5-7-9-15)21-16(22)10-11-25(2,3)17(20)23/h5-10H,4,11-12,14H2,1-3H3,(H2,20,23)(H,21,22). The van der Waals surface area contributed by atoms with Gasteiger partial charge in [-0.2, -0.15) is 5.26 Å². The average Bonchev–Trinajstić information content (AvgIpc) is 2.60. The van der Waals surface area contributed by atoms with E-state index in [0.717, 1.165) is 5.56 Å². The second kappa shape index (κ2) is 9.35. The molecule has 0 saturated heterocycles. The van der Waals surface area contributed by atoms with Gasteiger partial charge in [-0.3, -0.25) is 9.59 Å². The van der Waals surface area contributed by atoms with Crippen molar-refractivity contribution in [2.24, 2.45) is 5.73 Å². The van der Waals surface area contributed by atoms with Gasteiger partial charge in [0.2, 0.25) is 5.91 Å². The van der Waals surface area contributed by atoms with E-state index in [0.29, 0.717) is 19.1 Å². The molecule has 7 heteroatoms. The molecule has 1 radical (unpaired) electrons. The Hall–Kier alpha value is -2.17. The van der Waals surface area contributed by atoms with Gasteiger partial charge in [-0.15, -0.1) is 0 Å².